The van der Waals surface area contributed by atoms with E-state index in [2.05, 4.69) is 0 Å². The zero-order chi connectivity index (χ0) is 8.32. The smallest absolute Gasteiger partial charge is 0.145 e. The third-order valence-corrected chi connectivity index (χ3v) is 1.76. The summed E-state index contributed by atoms with van der Waals surface area (Å²) < 4.78 is 13.4. The molecule has 0 radical (unpaired) electrons. The van der Waals surface area contributed by atoms with Gasteiger partial charge in [0.1, 0.15) is 5.67 Å². The Bertz CT molecular complexity index is 218. The summed E-state index contributed by atoms with van der Waals surface area (Å²) in [4.78, 5) is 0. The highest BCUT2D eigenvalue weighted by Gasteiger charge is 2.22. The number of benzene rings is 1. The van der Waals surface area contributed by atoms with Gasteiger partial charge in [-0.25, -0.2) is 4.39 Å². The van der Waals surface area contributed by atoms with Crippen LogP contribution in [0.2, 0.25) is 0 Å². The Morgan fingerprint density at radius 3 is 2.36 bits per heavy atom. The fourth-order valence-electron chi connectivity index (χ4n) is 0.904. The predicted molar refractivity (Wildman–Crippen MR) is 44.0 cm³/mol. The van der Waals surface area contributed by atoms with Gasteiger partial charge in [0.2, 0.25) is 0 Å². The molecular weight excluding hydrogens is 141 g/mol. The van der Waals surface area contributed by atoms with Crippen molar-refractivity contribution in [3.63, 3.8) is 0 Å². The Hall–Kier alpha value is -0.890. The highest BCUT2D eigenvalue weighted by Crippen LogP contribution is 2.22. The lowest BCUT2D eigenvalue weighted by Gasteiger charge is -2.17. The minimum absolute atomic E-state index is 0.0248. The fourth-order valence-corrected chi connectivity index (χ4v) is 0.904. The molecule has 1 aromatic rings. The quantitative estimate of drug-likeness (QED) is 0.689. The summed E-state index contributed by atoms with van der Waals surface area (Å²) in [7, 11) is 0. The topological polar surface area (TPSA) is 26.0 Å². The van der Waals surface area contributed by atoms with E-state index in [1.165, 1.54) is 6.92 Å². The first kappa shape index (κ1) is 8.21. The molecule has 1 nitrogen and oxygen atoms in total. The van der Waals surface area contributed by atoms with E-state index in [1.807, 2.05) is 18.2 Å². The third-order valence-electron chi connectivity index (χ3n) is 1.76. The molecule has 0 fully saturated rings. The molecule has 2 heteroatoms. The van der Waals surface area contributed by atoms with Crippen LogP contribution in [-0.4, -0.2) is 6.54 Å². The number of halogens is 1. The van der Waals surface area contributed by atoms with Gasteiger partial charge in [-0.15, -0.1) is 0 Å². The predicted octanol–water partition coefficient (Wildman–Crippen LogP) is 1.83. The molecule has 0 spiro atoms. The van der Waals surface area contributed by atoms with Crippen molar-refractivity contribution in [3.8, 4) is 0 Å². The van der Waals surface area contributed by atoms with Crippen LogP contribution in [0.5, 0.6) is 0 Å². The van der Waals surface area contributed by atoms with Crippen molar-refractivity contribution in [3.05, 3.63) is 35.9 Å². The van der Waals surface area contributed by atoms with Crippen LogP contribution in [0.1, 0.15) is 12.5 Å². The lowest BCUT2D eigenvalue weighted by atomic mass is 9.99. The SMILES string of the molecule is CC(F)(CN)c1ccccc1. The van der Waals surface area contributed by atoms with Crippen molar-refractivity contribution < 1.29 is 4.39 Å². The van der Waals surface area contributed by atoms with E-state index < -0.39 is 5.67 Å². The van der Waals surface area contributed by atoms with Crippen LogP contribution in [-0.2, 0) is 5.67 Å². The van der Waals surface area contributed by atoms with Gasteiger partial charge in [0.05, 0.1) is 0 Å². The molecule has 0 amide bonds. The van der Waals surface area contributed by atoms with Crippen LogP contribution >= 0.6 is 0 Å². The zero-order valence-electron chi connectivity index (χ0n) is 6.55. The Kier molecular flexibility index (Phi) is 2.25. The fraction of sp³-hybridized carbons (Fsp3) is 0.333. The van der Waals surface area contributed by atoms with Crippen LogP contribution in [0.15, 0.2) is 30.3 Å². The van der Waals surface area contributed by atoms with Crippen molar-refractivity contribution in [2.75, 3.05) is 6.54 Å². The Labute approximate surface area is 66.0 Å². The van der Waals surface area contributed by atoms with Crippen LogP contribution in [0.25, 0.3) is 0 Å². The number of hydrogen-bond donors (Lipinski definition) is 1. The Morgan fingerprint density at radius 1 is 1.36 bits per heavy atom. The van der Waals surface area contributed by atoms with Crippen molar-refractivity contribution in [2.45, 2.75) is 12.6 Å². The van der Waals surface area contributed by atoms with Crippen molar-refractivity contribution in [2.24, 2.45) is 5.73 Å². The first-order valence-electron chi connectivity index (χ1n) is 3.61. The highest BCUT2D eigenvalue weighted by molar-refractivity contribution is 5.21. The van der Waals surface area contributed by atoms with Crippen LogP contribution in [0, 0.1) is 0 Å². The molecule has 1 unspecified atom stereocenters. The van der Waals surface area contributed by atoms with Gasteiger partial charge in [-0.3, -0.25) is 0 Å². The molecule has 0 saturated carbocycles. The van der Waals surface area contributed by atoms with Gasteiger partial charge in [-0.2, -0.15) is 0 Å². The van der Waals surface area contributed by atoms with E-state index in [1.54, 1.807) is 12.1 Å². The molecule has 0 aliphatic carbocycles. The molecule has 0 aromatic heterocycles. The van der Waals surface area contributed by atoms with Gasteiger partial charge in [0.15, 0.2) is 0 Å². The van der Waals surface area contributed by atoms with Crippen LogP contribution < -0.4 is 5.73 Å². The van der Waals surface area contributed by atoms with E-state index in [0.29, 0.717) is 5.56 Å². The van der Waals surface area contributed by atoms with E-state index >= 15 is 0 Å². The van der Waals surface area contributed by atoms with Gasteiger partial charge in [-0.05, 0) is 12.5 Å². The van der Waals surface area contributed by atoms with Crippen molar-refractivity contribution in [1.82, 2.24) is 0 Å². The molecule has 0 aliphatic rings. The second-order valence-electron chi connectivity index (χ2n) is 2.77. The van der Waals surface area contributed by atoms with Crippen molar-refractivity contribution in [1.29, 1.82) is 0 Å². The number of nitrogens with two attached hydrogens (primary N) is 1. The zero-order valence-corrected chi connectivity index (χ0v) is 6.55. The lowest BCUT2D eigenvalue weighted by molar-refractivity contribution is 0.203. The maximum Gasteiger partial charge on any atom is 0.145 e. The molecule has 2 N–H and O–H groups in total. The molecule has 0 heterocycles. The van der Waals surface area contributed by atoms with E-state index in [0.717, 1.165) is 0 Å². The maximum absolute atomic E-state index is 13.4. The first-order valence-corrected chi connectivity index (χ1v) is 3.61. The normalized spacial score (nSPS) is 15.9. The number of rotatable bonds is 2. The summed E-state index contributed by atoms with van der Waals surface area (Å²) >= 11 is 0. The van der Waals surface area contributed by atoms with Gasteiger partial charge in [0, 0.05) is 6.54 Å². The minimum atomic E-state index is -1.39. The van der Waals surface area contributed by atoms with Gasteiger partial charge in [-0.1, -0.05) is 30.3 Å². The summed E-state index contributed by atoms with van der Waals surface area (Å²) in [6.07, 6.45) is 0. The Balaban J connectivity index is 2.93. The molecule has 60 valence electrons. The van der Waals surface area contributed by atoms with Gasteiger partial charge >= 0.3 is 0 Å². The molecular formula is C9H12FN. The lowest BCUT2D eigenvalue weighted by Crippen LogP contribution is -2.26. The first-order chi connectivity index (χ1) is 5.17. The summed E-state index contributed by atoms with van der Waals surface area (Å²) in [6, 6.07) is 8.96. The van der Waals surface area contributed by atoms with Crippen molar-refractivity contribution >= 4 is 0 Å². The van der Waals surface area contributed by atoms with E-state index in [4.69, 9.17) is 5.73 Å². The average molecular weight is 153 g/mol. The summed E-state index contributed by atoms with van der Waals surface area (Å²) in [5, 5.41) is 0. The average Bonchev–Trinajstić information content (AvgIpc) is 2.06. The van der Waals surface area contributed by atoms with E-state index in [9.17, 15) is 4.39 Å². The largest absolute Gasteiger partial charge is 0.327 e. The summed E-state index contributed by atoms with van der Waals surface area (Å²) in [6.45, 7) is 1.51. The second-order valence-corrected chi connectivity index (χ2v) is 2.77. The second kappa shape index (κ2) is 3.01. The number of hydrogen-bond acceptors (Lipinski definition) is 1. The summed E-state index contributed by atoms with van der Waals surface area (Å²) in [5.74, 6) is 0. The standard InChI is InChI=1S/C9H12FN/c1-9(10,7-11)8-5-3-2-4-6-8/h2-6H,7,11H2,1H3. The van der Waals surface area contributed by atoms with Gasteiger partial charge in [0.25, 0.3) is 0 Å². The van der Waals surface area contributed by atoms with Gasteiger partial charge < -0.3 is 5.73 Å². The van der Waals surface area contributed by atoms with Crippen LogP contribution in [0.3, 0.4) is 0 Å². The van der Waals surface area contributed by atoms with E-state index in [-0.39, 0.29) is 6.54 Å². The monoisotopic (exact) mass is 153 g/mol. The third kappa shape index (κ3) is 1.77. The molecule has 1 aromatic carbocycles. The molecule has 11 heavy (non-hydrogen) atoms. The molecule has 1 atom stereocenters. The summed E-state index contributed by atoms with van der Waals surface area (Å²) in [5.41, 5.74) is 4.52. The number of alkyl halides is 1. The Morgan fingerprint density at radius 2 is 1.91 bits per heavy atom. The maximum atomic E-state index is 13.4. The molecule has 0 bridgehead atoms. The molecule has 1 rings (SSSR count). The van der Waals surface area contributed by atoms with Crippen LogP contribution in [0.4, 0.5) is 4.39 Å². The molecule has 0 aliphatic heterocycles. The molecule has 0 saturated heterocycles. The highest BCUT2D eigenvalue weighted by atomic mass is 19.1. The minimum Gasteiger partial charge on any atom is -0.327 e.